The topological polar surface area (TPSA) is 45.8 Å². The van der Waals surface area contributed by atoms with Gasteiger partial charge >= 0.3 is 0 Å². The molecular formula is C11H12N2O. The van der Waals surface area contributed by atoms with Crippen LogP contribution in [0.3, 0.4) is 0 Å². The summed E-state index contributed by atoms with van der Waals surface area (Å²) >= 11 is 0. The normalized spacial score (nSPS) is 10.6. The smallest absolute Gasteiger partial charge is 0.140 e. The van der Waals surface area contributed by atoms with Crippen LogP contribution in [0.2, 0.25) is 0 Å². The Bertz CT molecular complexity index is 426. The van der Waals surface area contributed by atoms with E-state index in [1.165, 1.54) is 0 Å². The van der Waals surface area contributed by atoms with Gasteiger partial charge in [0.2, 0.25) is 0 Å². The molecule has 0 aliphatic carbocycles. The Balaban J connectivity index is 2.31. The molecule has 1 aromatic carbocycles. The number of imidazole rings is 1. The van der Waals surface area contributed by atoms with Crippen molar-refractivity contribution in [2.75, 3.05) is 0 Å². The van der Waals surface area contributed by atoms with Crippen LogP contribution in [0.25, 0.3) is 11.0 Å². The molecule has 1 N–H and O–H groups in total. The van der Waals surface area contributed by atoms with Gasteiger partial charge in [0.15, 0.2) is 0 Å². The molecule has 0 radical (unpaired) electrons. The number of para-hydroxylation sites is 2. The third-order valence-corrected chi connectivity index (χ3v) is 2.20. The van der Waals surface area contributed by atoms with Crippen molar-refractivity contribution in [2.45, 2.75) is 19.8 Å². The molecule has 0 fully saturated rings. The Morgan fingerprint density at radius 1 is 1.43 bits per heavy atom. The maximum absolute atomic E-state index is 11.2. The second kappa shape index (κ2) is 3.62. The number of aromatic amines is 1. The molecule has 3 heteroatoms. The number of aromatic nitrogens is 2. The zero-order valence-electron chi connectivity index (χ0n) is 8.08. The highest BCUT2D eigenvalue weighted by molar-refractivity contribution is 5.81. The fourth-order valence-electron chi connectivity index (χ4n) is 1.40. The Morgan fingerprint density at radius 2 is 2.21 bits per heavy atom. The number of rotatable bonds is 3. The van der Waals surface area contributed by atoms with Gasteiger partial charge in [-0.2, -0.15) is 0 Å². The lowest BCUT2D eigenvalue weighted by Gasteiger charge is -1.91. The van der Waals surface area contributed by atoms with Crippen molar-refractivity contribution in [1.29, 1.82) is 0 Å². The van der Waals surface area contributed by atoms with Crippen molar-refractivity contribution >= 4 is 16.8 Å². The fraction of sp³-hybridized carbons (Fsp3) is 0.273. The molecule has 0 bridgehead atoms. The van der Waals surface area contributed by atoms with Gasteiger partial charge in [-0.1, -0.05) is 19.1 Å². The van der Waals surface area contributed by atoms with E-state index >= 15 is 0 Å². The van der Waals surface area contributed by atoms with Crippen molar-refractivity contribution in [3.05, 3.63) is 30.1 Å². The summed E-state index contributed by atoms with van der Waals surface area (Å²) in [4.78, 5) is 18.7. The average Bonchev–Trinajstić information content (AvgIpc) is 2.59. The molecule has 2 rings (SSSR count). The van der Waals surface area contributed by atoms with Crippen LogP contribution < -0.4 is 0 Å². The maximum Gasteiger partial charge on any atom is 0.140 e. The fourth-order valence-corrected chi connectivity index (χ4v) is 1.40. The highest BCUT2D eigenvalue weighted by Crippen LogP contribution is 2.10. The molecule has 1 heterocycles. The van der Waals surface area contributed by atoms with E-state index in [2.05, 4.69) is 9.97 Å². The second-order valence-corrected chi connectivity index (χ2v) is 3.27. The Hall–Kier alpha value is -1.64. The molecule has 0 spiro atoms. The van der Waals surface area contributed by atoms with E-state index in [4.69, 9.17) is 0 Å². The first kappa shape index (κ1) is 8.94. The molecule has 0 unspecified atom stereocenters. The Kier molecular flexibility index (Phi) is 2.31. The number of benzene rings is 1. The molecule has 0 saturated carbocycles. The number of carbonyl (C=O) groups excluding carboxylic acids is 1. The number of ketones is 1. The summed E-state index contributed by atoms with van der Waals surface area (Å²) in [5.74, 6) is 0.974. The van der Waals surface area contributed by atoms with Crippen molar-refractivity contribution in [1.82, 2.24) is 9.97 Å². The molecule has 3 nitrogen and oxygen atoms in total. The lowest BCUT2D eigenvalue weighted by atomic mass is 10.2. The predicted molar refractivity (Wildman–Crippen MR) is 55.1 cm³/mol. The minimum absolute atomic E-state index is 0.212. The summed E-state index contributed by atoms with van der Waals surface area (Å²) in [5.41, 5.74) is 1.91. The lowest BCUT2D eigenvalue weighted by Crippen LogP contribution is -2.01. The minimum Gasteiger partial charge on any atom is -0.342 e. The van der Waals surface area contributed by atoms with Gasteiger partial charge in [0, 0.05) is 6.42 Å². The van der Waals surface area contributed by atoms with Gasteiger partial charge in [0.1, 0.15) is 11.6 Å². The van der Waals surface area contributed by atoms with Gasteiger partial charge in [-0.15, -0.1) is 0 Å². The van der Waals surface area contributed by atoms with E-state index in [1.807, 2.05) is 31.2 Å². The van der Waals surface area contributed by atoms with E-state index in [1.54, 1.807) is 0 Å². The Morgan fingerprint density at radius 3 is 2.93 bits per heavy atom. The van der Waals surface area contributed by atoms with Crippen molar-refractivity contribution in [3.8, 4) is 0 Å². The van der Waals surface area contributed by atoms with E-state index < -0.39 is 0 Å². The lowest BCUT2D eigenvalue weighted by molar-refractivity contribution is -0.118. The van der Waals surface area contributed by atoms with Crippen molar-refractivity contribution < 1.29 is 4.79 Å². The predicted octanol–water partition coefficient (Wildman–Crippen LogP) is 2.08. The first-order valence-electron chi connectivity index (χ1n) is 4.75. The van der Waals surface area contributed by atoms with Crippen LogP contribution in [-0.4, -0.2) is 15.8 Å². The summed E-state index contributed by atoms with van der Waals surface area (Å²) in [6.07, 6.45) is 0.974. The van der Waals surface area contributed by atoms with E-state index in [9.17, 15) is 4.79 Å². The summed E-state index contributed by atoms with van der Waals surface area (Å²) in [7, 11) is 0. The van der Waals surface area contributed by atoms with Gasteiger partial charge in [-0.05, 0) is 12.1 Å². The molecule has 0 saturated heterocycles. The van der Waals surface area contributed by atoms with Crippen LogP contribution in [0.5, 0.6) is 0 Å². The molecular weight excluding hydrogens is 176 g/mol. The first-order valence-corrected chi connectivity index (χ1v) is 4.75. The zero-order valence-corrected chi connectivity index (χ0v) is 8.08. The molecule has 0 amide bonds. The average molecular weight is 188 g/mol. The van der Waals surface area contributed by atoms with Gasteiger partial charge in [0.25, 0.3) is 0 Å². The molecule has 0 atom stereocenters. The largest absolute Gasteiger partial charge is 0.342 e. The molecule has 72 valence electrons. The summed E-state index contributed by atoms with van der Waals surface area (Å²) in [5, 5.41) is 0. The summed E-state index contributed by atoms with van der Waals surface area (Å²) < 4.78 is 0. The van der Waals surface area contributed by atoms with Gasteiger partial charge in [-0.25, -0.2) is 4.98 Å². The molecule has 1 aromatic heterocycles. The molecule has 2 aromatic rings. The van der Waals surface area contributed by atoms with Crippen LogP contribution in [0.4, 0.5) is 0 Å². The number of fused-ring (bicyclic) bond motifs is 1. The summed E-state index contributed by atoms with van der Waals surface area (Å²) in [6.45, 7) is 1.87. The number of H-pyrrole nitrogens is 1. The number of nitrogens with one attached hydrogen (secondary N) is 1. The second-order valence-electron chi connectivity index (χ2n) is 3.27. The van der Waals surface area contributed by atoms with Crippen LogP contribution in [-0.2, 0) is 11.2 Å². The van der Waals surface area contributed by atoms with Gasteiger partial charge in [0.05, 0.1) is 17.5 Å². The van der Waals surface area contributed by atoms with E-state index in [-0.39, 0.29) is 5.78 Å². The molecule has 0 aliphatic heterocycles. The standard InChI is InChI=1S/C11H12N2O/c1-2-8(14)7-11-12-9-5-3-4-6-10(9)13-11/h3-6H,2,7H2,1H3,(H,12,13). The third kappa shape index (κ3) is 1.66. The highest BCUT2D eigenvalue weighted by Gasteiger charge is 2.05. The molecule has 0 aliphatic rings. The number of Topliss-reactive ketones (excluding diaryl/α,β-unsaturated/α-hetero) is 1. The summed E-state index contributed by atoms with van der Waals surface area (Å²) in [6, 6.07) is 7.79. The van der Waals surface area contributed by atoms with Crippen LogP contribution in [0.15, 0.2) is 24.3 Å². The third-order valence-electron chi connectivity index (χ3n) is 2.20. The quantitative estimate of drug-likeness (QED) is 0.801. The maximum atomic E-state index is 11.2. The number of nitrogens with zero attached hydrogens (tertiary/aromatic N) is 1. The number of carbonyl (C=O) groups is 1. The van der Waals surface area contributed by atoms with Gasteiger partial charge < -0.3 is 4.98 Å². The van der Waals surface area contributed by atoms with Crippen LogP contribution in [0, 0.1) is 0 Å². The molecule has 14 heavy (non-hydrogen) atoms. The Labute approximate surface area is 82.2 Å². The highest BCUT2D eigenvalue weighted by atomic mass is 16.1. The zero-order chi connectivity index (χ0) is 9.97. The van der Waals surface area contributed by atoms with E-state index in [0.717, 1.165) is 16.9 Å². The van der Waals surface area contributed by atoms with E-state index in [0.29, 0.717) is 12.8 Å². The SMILES string of the molecule is CCC(=O)Cc1nc2ccccc2[nH]1. The van der Waals surface area contributed by atoms with Crippen molar-refractivity contribution in [2.24, 2.45) is 0 Å². The van der Waals surface area contributed by atoms with Crippen molar-refractivity contribution in [3.63, 3.8) is 0 Å². The minimum atomic E-state index is 0.212. The van der Waals surface area contributed by atoms with Gasteiger partial charge in [-0.3, -0.25) is 4.79 Å². The monoisotopic (exact) mass is 188 g/mol. The number of hydrogen-bond acceptors (Lipinski definition) is 2. The first-order chi connectivity index (χ1) is 6.79. The number of hydrogen-bond donors (Lipinski definition) is 1. The van der Waals surface area contributed by atoms with Crippen LogP contribution in [0.1, 0.15) is 19.2 Å². The van der Waals surface area contributed by atoms with Crippen LogP contribution >= 0.6 is 0 Å².